The number of aromatic amines is 1. The minimum Gasteiger partial charge on any atom is -0.756 e. The molecule has 2 aliphatic heterocycles. The Labute approximate surface area is 182 Å². The Balaban J connectivity index is 1.62. The van der Waals surface area contributed by atoms with Crippen LogP contribution >= 0.6 is 31.2 Å². The zero-order valence-electron chi connectivity index (χ0n) is 15.4. The van der Waals surface area contributed by atoms with Crippen molar-refractivity contribution in [1.29, 1.82) is 0 Å². The van der Waals surface area contributed by atoms with Crippen LogP contribution in [0.4, 0.5) is 5.95 Å². The summed E-state index contributed by atoms with van der Waals surface area (Å²) in [4.78, 5) is 35.7. The number of hydrogen-bond acceptors (Lipinski definition) is 11. The summed E-state index contributed by atoms with van der Waals surface area (Å²) in [6, 6.07) is 6.87. The molecule has 5 rings (SSSR count). The van der Waals surface area contributed by atoms with E-state index in [0.29, 0.717) is 5.02 Å². The summed E-state index contributed by atoms with van der Waals surface area (Å²) < 4.78 is 28.5. The number of nitrogen functional groups attached to an aromatic ring is 1. The zero-order chi connectivity index (χ0) is 21.9. The second-order valence-electron chi connectivity index (χ2n) is 6.81. The van der Waals surface area contributed by atoms with Gasteiger partial charge in [-0.05, 0) is 24.3 Å². The summed E-state index contributed by atoms with van der Waals surface area (Å²) in [6.45, 7) is -0.318. The number of anilines is 1. The third-order valence-corrected chi connectivity index (χ3v) is 6.97. The van der Waals surface area contributed by atoms with Gasteiger partial charge >= 0.3 is 0 Å². The van der Waals surface area contributed by atoms with Crippen LogP contribution in [0.25, 0.3) is 11.2 Å². The highest BCUT2D eigenvalue weighted by atomic mass is 35.5. The van der Waals surface area contributed by atoms with Crippen LogP contribution in [0.15, 0.2) is 39.1 Å². The van der Waals surface area contributed by atoms with Crippen molar-refractivity contribution in [3.63, 3.8) is 0 Å². The van der Waals surface area contributed by atoms with E-state index in [-0.39, 0.29) is 28.9 Å². The van der Waals surface area contributed by atoms with Crippen LogP contribution < -0.4 is 16.2 Å². The van der Waals surface area contributed by atoms with Gasteiger partial charge in [0.05, 0.1) is 6.61 Å². The molecular formula is C16H14ClN5O7PS-. The first-order valence-electron chi connectivity index (χ1n) is 8.90. The van der Waals surface area contributed by atoms with Crippen molar-refractivity contribution in [1.82, 2.24) is 19.5 Å². The molecule has 3 aromatic rings. The van der Waals surface area contributed by atoms with Gasteiger partial charge < -0.3 is 29.5 Å². The van der Waals surface area contributed by atoms with E-state index in [4.69, 9.17) is 26.6 Å². The first-order chi connectivity index (χ1) is 14.7. The monoisotopic (exact) mass is 486 g/mol. The normalized spacial score (nSPS) is 30.5. The van der Waals surface area contributed by atoms with Crippen molar-refractivity contribution in [3.05, 3.63) is 39.6 Å². The maximum Gasteiger partial charge on any atom is 0.280 e. The Morgan fingerprint density at radius 2 is 2.10 bits per heavy atom. The molecule has 0 aliphatic carbocycles. The van der Waals surface area contributed by atoms with Gasteiger partial charge in [0.25, 0.3) is 13.4 Å². The molecule has 4 heterocycles. The fourth-order valence-electron chi connectivity index (χ4n) is 3.43. The van der Waals surface area contributed by atoms with Gasteiger partial charge in [-0.15, -0.1) is 0 Å². The van der Waals surface area contributed by atoms with Crippen LogP contribution in [-0.4, -0.2) is 49.5 Å². The number of phosphoric ester groups is 1. The highest BCUT2D eigenvalue weighted by molar-refractivity contribution is 7.99. The third-order valence-electron chi connectivity index (χ3n) is 4.77. The molecule has 0 radical (unpaired) electrons. The smallest absolute Gasteiger partial charge is 0.280 e. The number of benzene rings is 1. The molecule has 5 atom stereocenters. The Bertz CT molecular complexity index is 1270. The summed E-state index contributed by atoms with van der Waals surface area (Å²) in [6.07, 6.45) is -4.63. The van der Waals surface area contributed by atoms with Gasteiger partial charge in [0.1, 0.15) is 18.3 Å². The van der Waals surface area contributed by atoms with E-state index in [2.05, 4.69) is 19.5 Å². The molecule has 0 amide bonds. The lowest BCUT2D eigenvalue weighted by molar-refractivity contribution is -0.245. The number of ether oxygens (including phenoxy) is 1. The van der Waals surface area contributed by atoms with Crippen LogP contribution in [-0.2, 0) is 18.3 Å². The van der Waals surface area contributed by atoms with E-state index >= 15 is 0 Å². The summed E-state index contributed by atoms with van der Waals surface area (Å²) in [5, 5.41) is 11.6. The average Bonchev–Trinajstić information content (AvgIpc) is 3.20. The molecular weight excluding hydrogens is 473 g/mol. The largest absolute Gasteiger partial charge is 0.756 e. The van der Waals surface area contributed by atoms with Crippen LogP contribution in [0, 0.1) is 0 Å². The van der Waals surface area contributed by atoms with Gasteiger partial charge in [0.15, 0.2) is 22.5 Å². The number of phosphoric acid groups is 1. The summed E-state index contributed by atoms with van der Waals surface area (Å²) in [5.74, 6) is -0.157. The molecule has 2 aliphatic rings. The third kappa shape index (κ3) is 3.77. The number of nitrogens with two attached hydrogens (primary N) is 1. The number of aliphatic hydroxyl groups is 1. The molecule has 12 nitrogen and oxygen atoms in total. The lowest BCUT2D eigenvalue weighted by atomic mass is 10.1. The Kier molecular flexibility index (Phi) is 5.11. The van der Waals surface area contributed by atoms with E-state index in [1.807, 2.05) is 0 Å². The topological polar surface area (TPSA) is 178 Å². The molecule has 2 aromatic heterocycles. The van der Waals surface area contributed by atoms with Crippen molar-refractivity contribution in [2.24, 2.45) is 0 Å². The molecule has 0 spiro atoms. The van der Waals surface area contributed by atoms with E-state index in [9.17, 15) is 19.4 Å². The molecule has 15 heteroatoms. The molecule has 0 saturated carbocycles. The molecule has 2 saturated heterocycles. The fourth-order valence-corrected chi connectivity index (χ4v) is 5.42. The predicted octanol–water partition coefficient (Wildman–Crippen LogP) is 0.648. The highest BCUT2D eigenvalue weighted by Crippen LogP contribution is 2.50. The maximum atomic E-state index is 12.4. The molecule has 5 unspecified atom stereocenters. The van der Waals surface area contributed by atoms with Gasteiger partial charge in [-0.2, -0.15) is 4.98 Å². The Morgan fingerprint density at radius 1 is 1.35 bits per heavy atom. The summed E-state index contributed by atoms with van der Waals surface area (Å²) in [5.41, 5.74) is 5.16. The van der Waals surface area contributed by atoms with Gasteiger partial charge in [0, 0.05) is 9.92 Å². The summed E-state index contributed by atoms with van der Waals surface area (Å²) in [7, 11) is -4.56. The number of fused-ring (bicyclic) bond motifs is 2. The van der Waals surface area contributed by atoms with E-state index in [1.165, 1.54) is 16.3 Å². The van der Waals surface area contributed by atoms with Gasteiger partial charge in [0.2, 0.25) is 5.95 Å². The van der Waals surface area contributed by atoms with Gasteiger partial charge in [-0.3, -0.25) is 18.9 Å². The first-order valence-corrected chi connectivity index (χ1v) is 11.6. The Hall–Kier alpha value is -1.96. The van der Waals surface area contributed by atoms with Crippen LogP contribution in [0.1, 0.15) is 6.23 Å². The predicted molar refractivity (Wildman–Crippen MR) is 106 cm³/mol. The van der Waals surface area contributed by atoms with Crippen molar-refractivity contribution in [2.75, 3.05) is 12.3 Å². The van der Waals surface area contributed by atoms with E-state index in [0.717, 1.165) is 4.90 Å². The molecule has 0 bridgehead atoms. The minimum atomic E-state index is -4.56. The Morgan fingerprint density at radius 3 is 2.84 bits per heavy atom. The molecule has 2 fully saturated rings. The second-order valence-corrected chi connectivity index (χ2v) is 9.65. The van der Waals surface area contributed by atoms with E-state index < -0.39 is 37.9 Å². The molecule has 31 heavy (non-hydrogen) atoms. The number of H-pyrrole nitrogens is 1. The molecule has 164 valence electrons. The second kappa shape index (κ2) is 7.57. The lowest BCUT2D eigenvalue weighted by Gasteiger charge is -2.34. The van der Waals surface area contributed by atoms with Gasteiger partial charge in [-0.25, -0.2) is 4.98 Å². The summed E-state index contributed by atoms with van der Waals surface area (Å²) >= 11 is 7.10. The number of rotatable bonds is 3. The van der Waals surface area contributed by atoms with Crippen molar-refractivity contribution in [3.8, 4) is 0 Å². The highest BCUT2D eigenvalue weighted by Gasteiger charge is 2.51. The number of hydrogen-bond donors (Lipinski definition) is 3. The molecule has 4 N–H and O–H groups in total. The fraction of sp³-hybridized carbons (Fsp3) is 0.312. The van der Waals surface area contributed by atoms with Crippen molar-refractivity contribution >= 4 is 48.3 Å². The first kappa shape index (κ1) is 20.9. The van der Waals surface area contributed by atoms with E-state index in [1.54, 1.807) is 24.3 Å². The average molecular weight is 487 g/mol. The van der Waals surface area contributed by atoms with Crippen molar-refractivity contribution in [2.45, 2.75) is 34.6 Å². The van der Waals surface area contributed by atoms with Gasteiger partial charge in [-0.1, -0.05) is 23.4 Å². The number of aliphatic hydroxyl groups excluding tert-OH is 1. The van der Waals surface area contributed by atoms with Crippen LogP contribution in [0.3, 0.4) is 0 Å². The number of nitrogens with one attached hydrogen (secondary N) is 1. The number of aromatic nitrogens is 4. The number of imidazole rings is 1. The zero-order valence-corrected chi connectivity index (χ0v) is 17.8. The van der Waals surface area contributed by atoms with Crippen molar-refractivity contribution < 1.29 is 28.3 Å². The molecule has 1 aromatic carbocycles. The minimum absolute atomic E-state index is 0.0250. The number of halogens is 1. The van der Waals surface area contributed by atoms with Crippen LogP contribution in [0.5, 0.6) is 0 Å². The van der Waals surface area contributed by atoms with Crippen LogP contribution in [0.2, 0.25) is 5.02 Å². The quantitative estimate of drug-likeness (QED) is 0.442. The lowest BCUT2D eigenvalue weighted by Crippen LogP contribution is -2.41. The number of nitrogens with zero attached hydrogens (tertiary/aromatic N) is 3. The standard InChI is InChI=1S/C16H15ClN5O7PS/c17-6-1-3-7(4-2-6)31-16-19-9-12(20-15(18)21-13(9)24)22(16)14-10(23)11-8(28-14)5-27-30(25,26)29-11/h1-4,8,10-11,14,23H,5H2,(H,25,26)(H3,18,20,21,24)/p-1. The maximum absolute atomic E-state index is 12.4. The SMILES string of the molecule is Nc1nc2c(nc(Sc3ccc(Cl)cc3)n2C2OC3COP(=O)([O-])OC3C2O)c(=O)[nH]1.